The topological polar surface area (TPSA) is 123 Å². The van der Waals surface area contributed by atoms with Gasteiger partial charge in [0.25, 0.3) is 5.91 Å². The maximum Gasteiger partial charge on any atom is 0.343 e. The summed E-state index contributed by atoms with van der Waals surface area (Å²) in [4.78, 5) is 24.4. The van der Waals surface area contributed by atoms with Gasteiger partial charge in [0.15, 0.2) is 0 Å². The second-order valence-electron chi connectivity index (χ2n) is 8.12. The second-order valence-corrected chi connectivity index (χ2v) is 9.88. The van der Waals surface area contributed by atoms with Crippen molar-refractivity contribution in [1.82, 2.24) is 10.1 Å². The first-order valence-corrected chi connectivity index (χ1v) is 13.2. The Bertz CT molecular complexity index is 1320. The van der Waals surface area contributed by atoms with Crippen LogP contribution in [-0.2, 0) is 14.8 Å². The highest BCUT2D eigenvalue weighted by Gasteiger charge is 2.15. The van der Waals surface area contributed by atoms with Crippen molar-refractivity contribution in [2.24, 2.45) is 5.10 Å². The van der Waals surface area contributed by atoms with Crippen LogP contribution in [-0.4, -0.2) is 39.7 Å². The molecule has 0 aliphatic rings. The summed E-state index contributed by atoms with van der Waals surface area (Å²) in [5.41, 5.74) is 4.22. The molecule has 9 nitrogen and oxygen atoms in total. The molecule has 0 heterocycles. The lowest BCUT2D eigenvalue weighted by molar-refractivity contribution is -0.119. The van der Waals surface area contributed by atoms with Gasteiger partial charge in [0.05, 0.1) is 29.8 Å². The first-order chi connectivity index (χ1) is 17.8. The molecule has 0 aliphatic carbocycles. The van der Waals surface area contributed by atoms with Crippen molar-refractivity contribution in [1.29, 1.82) is 0 Å². The number of benzene rings is 3. The molecule has 0 aliphatic heterocycles. The Hall–Kier alpha value is -4.02. The van der Waals surface area contributed by atoms with E-state index < -0.39 is 28.4 Å². The van der Waals surface area contributed by atoms with Gasteiger partial charge in [0, 0.05) is 0 Å². The molecule has 194 valence electrons. The number of hydrogen-bond donors (Lipinski definition) is 2. The van der Waals surface area contributed by atoms with Gasteiger partial charge in [0.2, 0.25) is 10.0 Å². The standard InChI is InChI=1S/C27H29N3O6S/c1-3-4-17-35-23-13-9-22(10-14-23)27(32)36-24-11-7-21(8-12-24)18-28-30-26(31)19-29-37(33,34)25-15-5-20(2)6-16-25/h5-16,18,29H,3-4,17,19H2,1-2H3,(H,30,31). The van der Waals surface area contributed by atoms with E-state index in [1.807, 2.05) is 6.92 Å². The van der Waals surface area contributed by atoms with Crippen molar-refractivity contribution in [2.75, 3.05) is 13.2 Å². The SMILES string of the molecule is CCCCOc1ccc(C(=O)Oc2ccc(C=NNC(=O)CNS(=O)(=O)c3ccc(C)cc3)cc2)cc1. The van der Waals surface area contributed by atoms with Gasteiger partial charge >= 0.3 is 5.97 Å². The minimum Gasteiger partial charge on any atom is -0.494 e. The van der Waals surface area contributed by atoms with Crippen LogP contribution in [0.15, 0.2) is 82.8 Å². The molecule has 0 saturated carbocycles. The Kier molecular flexibility index (Phi) is 9.93. The van der Waals surface area contributed by atoms with Gasteiger partial charge in [-0.2, -0.15) is 5.10 Å². The normalized spacial score (nSPS) is 11.3. The molecule has 10 heteroatoms. The van der Waals surface area contributed by atoms with Crippen LogP contribution >= 0.6 is 0 Å². The summed E-state index contributed by atoms with van der Waals surface area (Å²) < 4.78 is 37.7. The van der Waals surface area contributed by atoms with E-state index >= 15 is 0 Å². The summed E-state index contributed by atoms with van der Waals surface area (Å²) in [6, 6.07) is 19.5. The number of sulfonamides is 1. The lowest BCUT2D eigenvalue weighted by Gasteiger charge is -2.07. The van der Waals surface area contributed by atoms with Crippen LogP contribution in [0.1, 0.15) is 41.3 Å². The predicted octanol–water partition coefficient (Wildman–Crippen LogP) is 3.82. The molecule has 37 heavy (non-hydrogen) atoms. The quantitative estimate of drug-likeness (QED) is 0.122. The smallest absolute Gasteiger partial charge is 0.343 e. The van der Waals surface area contributed by atoms with Crippen LogP contribution in [0.2, 0.25) is 0 Å². The summed E-state index contributed by atoms with van der Waals surface area (Å²) in [6.07, 6.45) is 3.39. The summed E-state index contributed by atoms with van der Waals surface area (Å²) in [6.45, 7) is 4.10. The zero-order valence-corrected chi connectivity index (χ0v) is 21.5. The van der Waals surface area contributed by atoms with Crippen molar-refractivity contribution in [3.63, 3.8) is 0 Å². The number of unbranched alkanes of at least 4 members (excludes halogenated alkanes) is 1. The van der Waals surface area contributed by atoms with Crippen molar-refractivity contribution in [2.45, 2.75) is 31.6 Å². The number of amides is 1. The third-order valence-corrected chi connectivity index (χ3v) is 6.52. The van der Waals surface area contributed by atoms with E-state index in [2.05, 4.69) is 22.2 Å². The Morgan fingerprint density at radius 3 is 2.22 bits per heavy atom. The number of rotatable bonds is 12. The number of esters is 1. The molecular formula is C27H29N3O6S. The number of carbonyl (C=O) groups excluding carboxylic acids is 2. The van der Waals surface area contributed by atoms with E-state index in [9.17, 15) is 18.0 Å². The van der Waals surface area contributed by atoms with E-state index in [-0.39, 0.29) is 4.90 Å². The summed E-state index contributed by atoms with van der Waals surface area (Å²) in [5.74, 6) is -0.0782. The second kappa shape index (κ2) is 13.3. The lowest BCUT2D eigenvalue weighted by atomic mass is 10.2. The fraction of sp³-hybridized carbons (Fsp3) is 0.222. The van der Waals surface area contributed by atoms with Gasteiger partial charge < -0.3 is 9.47 Å². The van der Waals surface area contributed by atoms with Crippen LogP contribution in [0.5, 0.6) is 11.5 Å². The number of carbonyl (C=O) groups is 2. The molecule has 0 radical (unpaired) electrons. The number of nitrogens with zero attached hydrogens (tertiary/aromatic N) is 1. The van der Waals surface area contributed by atoms with Gasteiger partial charge in [-0.1, -0.05) is 31.0 Å². The minimum absolute atomic E-state index is 0.0728. The van der Waals surface area contributed by atoms with Gasteiger partial charge in [-0.15, -0.1) is 0 Å². The maximum atomic E-state index is 12.4. The molecular weight excluding hydrogens is 494 g/mol. The molecule has 0 fully saturated rings. The van der Waals surface area contributed by atoms with Crippen LogP contribution in [0, 0.1) is 6.92 Å². The molecule has 3 aromatic carbocycles. The zero-order chi connectivity index (χ0) is 26.7. The minimum atomic E-state index is -3.80. The van der Waals surface area contributed by atoms with Crippen LogP contribution in [0.25, 0.3) is 0 Å². The van der Waals surface area contributed by atoms with Gasteiger partial charge in [-0.25, -0.2) is 23.4 Å². The largest absolute Gasteiger partial charge is 0.494 e. The first-order valence-electron chi connectivity index (χ1n) is 11.7. The third kappa shape index (κ3) is 8.85. The van der Waals surface area contributed by atoms with Gasteiger partial charge in [-0.05, 0) is 79.6 Å². The monoisotopic (exact) mass is 523 g/mol. The van der Waals surface area contributed by atoms with Crippen LogP contribution in [0.3, 0.4) is 0 Å². The molecule has 0 atom stereocenters. The van der Waals surface area contributed by atoms with Gasteiger partial charge in [-0.3, -0.25) is 4.79 Å². The summed E-state index contributed by atoms with van der Waals surface area (Å²) >= 11 is 0. The number of ether oxygens (including phenoxy) is 2. The number of nitrogens with one attached hydrogen (secondary N) is 2. The number of hydrogen-bond acceptors (Lipinski definition) is 7. The molecule has 0 unspecified atom stereocenters. The number of hydrazone groups is 1. The third-order valence-electron chi connectivity index (χ3n) is 5.10. The molecule has 3 aromatic rings. The highest BCUT2D eigenvalue weighted by Crippen LogP contribution is 2.17. The summed E-state index contributed by atoms with van der Waals surface area (Å²) in [5, 5.41) is 3.82. The van der Waals surface area contributed by atoms with Crippen LogP contribution in [0.4, 0.5) is 0 Å². The van der Waals surface area contributed by atoms with Crippen molar-refractivity contribution in [3.8, 4) is 11.5 Å². The fourth-order valence-corrected chi connectivity index (χ4v) is 3.97. The maximum absolute atomic E-state index is 12.4. The number of aryl methyl sites for hydroxylation is 1. The average Bonchev–Trinajstić information content (AvgIpc) is 2.89. The predicted molar refractivity (Wildman–Crippen MR) is 140 cm³/mol. The zero-order valence-electron chi connectivity index (χ0n) is 20.6. The Labute approximate surface area is 216 Å². The highest BCUT2D eigenvalue weighted by molar-refractivity contribution is 7.89. The van der Waals surface area contributed by atoms with Crippen LogP contribution < -0.4 is 19.6 Å². The molecule has 3 rings (SSSR count). The lowest BCUT2D eigenvalue weighted by Crippen LogP contribution is -2.34. The Morgan fingerprint density at radius 2 is 1.57 bits per heavy atom. The molecule has 2 N–H and O–H groups in total. The molecule has 0 spiro atoms. The van der Waals surface area contributed by atoms with E-state index in [0.717, 1.165) is 18.4 Å². The van der Waals surface area contributed by atoms with Crippen molar-refractivity contribution in [3.05, 3.63) is 89.5 Å². The Morgan fingerprint density at radius 1 is 0.919 bits per heavy atom. The first kappa shape index (κ1) is 27.6. The van der Waals surface area contributed by atoms with E-state index in [1.165, 1.54) is 18.3 Å². The molecule has 1 amide bonds. The Balaban J connectivity index is 1.45. The van der Waals surface area contributed by atoms with Gasteiger partial charge in [0.1, 0.15) is 11.5 Å². The van der Waals surface area contributed by atoms with Crippen molar-refractivity contribution < 1.29 is 27.5 Å². The fourth-order valence-electron chi connectivity index (χ4n) is 2.99. The van der Waals surface area contributed by atoms with E-state index in [0.29, 0.717) is 29.2 Å². The van der Waals surface area contributed by atoms with E-state index in [1.54, 1.807) is 60.7 Å². The highest BCUT2D eigenvalue weighted by atomic mass is 32.2. The molecule has 0 saturated heterocycles. The average molecular weight is 524 g/mol. The van der Waals surface area contributed by atoms with E-state index in [4.69, 9.17) is 9.47 Å². The summed E-state index contributed by atoms with van der Waals surface area (Å²) in [7, 11) is -3.80. The molecule has 0 aromatic heterocycles. The van der Waals surface area contributed by atoms with Crippen molar-refractivity contribution >= 4 is 28.1 Å². The molecule has 0 bridgehead atoms.